The van der Waals surface area contributed by atoms with Crippen LogP contribution in [0.4, 0.5) is 0 Å². The molecule has 4 heteroatoms. The number of nitrogens with zero attached hydrogens (tertiary/aromatic N) is 2. The van der Waals surface area contributed by atoms with Crippen molar-refractivity contribution in [2.24, 2.45) is 7.05 Å². The molecule has 114 valence electrons. The highest BCUT2D eigenvalue weighted by atomic mass is 16.5. The van der Waals surface area contributed by atoms with Crippen LogP contribution < -0.4 is 10.1 Å². The molecule has 0 saturated heterocycles. The zero-order chi connectivity index (χ0) is 15.2. The molecule has 1 aromatic carbocycles. The minimum absolute atomic E-state index is 0.510. The Balaban J connectivity index is 2.02. The third kappa shape index (κ3) is 4.33. The Kier molecular flexibility index (Phi) is 5.39. The Bertz CT molecular complexity index is 566. The van der Waals surface area contributed by atoms with Gasteiger partial charge in [0.2, 0.25) is 0 Å². The van der Waals surface area contributed by atoms with Gasteiger partial charge in [0.15, 0.2) is 0 Å². The minimum Gasteiger partial charge on any atom is -0.487 e. The predicted octanol–water partition coefficient (Wildman–Crippen LogP) is 3.12. The van der Waals surface area contributed by atoms with Crippen LogP contribution in [0.1, 0.15) is 35.7 Å². The van der Waals surface area contributed by atoms with Gasteiger partial charge in [-0.15, -0.1) is 0 Å². The molecule has 0 unspecified atom stereocenters. The van der Waals surface area contributed by atoms with E-state index in [1.165, 1.54) is 16.7 Å². The molecular weight excluding hydrogens is 262 g/mol. The predicted molar refractivity (Wildman–Crippen MR) is 85.5 cm³/mol. The van der Waals surface area contributed by atoms with Gasteiger partial charge in [-0.3, -0.25) is 4.68 Å². The number of ether oxygens (including phenoxy) is 1. The smallest absolute Gasteiger partial charge is 0.132 e. The van der Waals surface area contributed by atoms with Gasteiger partial charge in [-0.25, -0.2) is 0 Å². The van der Waals surface area contributed by atoms with Gasteiger partial charge < -0.3 is 10.1 Å². The van der Waals surface area contributed by atoms with Crippen molar-refractivity contribution in [2.75, 3.05) is 6.54 Å². The summed E-state index contributed by atoms with van der Waals surface area (Å²) in [5.41, 5.74) is 4.62. The first-order chi connectivity index (χ1) is 10.1. The van der Waals surface area contributed by atoms with E-state index in [9.17, 15) is 0 Å². The third-order valence-electron chi connectivity index (χ3n) is 3.41. The SMILES string of the molecule is CCCNCc1cc(C)c(OCc2ccn(C)n2)c(C)c1. The van der Waals surface area contributed by atoms with Crippen LogP contribution in [0.5, 0.6) is 5.75 Å². The molecule has 0 atom stereocenters. The van der Waals surface area contributed by atoms with E-state index in [1.807, 2.05) is 19.3 Å². The second-order valence-electron chi connectivity index (χ2n) is 5.50. The number of hydrogen-bond donors (Lipinski definition) is 1. The quantitative estimate of drug-likeness (QED) is 0.795. The van der Waals surface area contributed by atoms with Crippen molar-refractivity contribution in [1.82, 2.24) is 15.1 Å². The molecule has 1 N–H and O–H groups in total. The van der Waals surface area contributed by atoms with Crippen molar-refractivity contribution >= 4 is 0 Å². The molecule has 2 rings (SSSR count). The lowest BCUT2D eigenvalue weighted by atomic mass is 10.1. The van der Waals surface area contributed by atoms with Gasteiger partial charge in [-0.05, 0) is 49.6 Å². The number of rotatable bonds is 7. The monoisotopic (exact) mass is 287 g/mol. The standard InChI is InChI=1S/C17H25N3O/c1-5-7-18-11-15-9-13(2)17(14(3)10-15)21-12-16-6-8-20(4)19-16/h6,8-10,18H,5,7,11-12H2,1-4H3. The molecule has 1 aromatic heterocycles. The number of hydrogen-bond acceptors (Lipinski definition) is 3. The van der Waals surface area contributed by atoms with Crippen molar-refractivity contribution in [1.29, 1.82) is 0 Å². The van der Waals surface area contributed by atoms with Crippen molar-refractivity contribution in [3.05, 3.63) is 46.8 Å². The lowest BCUT2D eigenvalue weighted by Crippen LogP contribution is -2.14. The largest absolute Gasteiger partial charge is 0.487 e. The molecule has 21 heavy (non-hydrogen) atoms. The molecule has 0 aliphatic carbocycles. The Morgan fingerprint density at radius 1 is 1.24 bits per heavy atom. The van der Waals surface area contributed by atoms with Crippen molar-refractivity contribution < 1.29 is 4.74 Å². The maximum absolute atomic E-state index is 5.95. The zero-order valence-electron chi connectivity index (χ0n) is 13.4. The average Bonchev–Trinajstić information content (AvgIpc) is 2.84. The number of aromatic nitrogens is 2. The molecule has 4 nitrogen and oxygen atoms in total. The molecular formula is C17H25N3O. The van der Waals surface area contributed by atoms with E-state index in [-0.39, 0.29) is 0 Å². The maximum Gasteiger partial charge on any atom is 0.132 e. The van der Waals surface area contributed by atoms with E-state index in [2.05, 4.69) is 43.3 Å². The average molecular weight is 287 g/mol. The first kappa shape index (κ1) is 15.6. The molecule has 0 amide bonds. The fraction of sp³-hybridized carbons (Fsp3) is 0.471. The second-order valence-corrected chi connectivity index (χ2v) is 5.50. The molecule has 0 fully saturated rings. The van der Waals surface area contributed by atoms with E-state index < -0.39 is 0 Å². The van der Waals surface area contributed by atoms with Crippen LogP contribution in [0.15, 0.2) is 24.4 Å². The van der Waals surface area contributed by atoms with Crippen molar-refractivity contribution in [2.45, 2.75) is 40.3 Å². The van der Waals surface area contributed by atoms with Crippen LogP contribution in [0.25, 0.3) is 0 Å². The summed E-state index contributed by atoms with van der Waals surface area (Å²) in [5.74, 6) is 0.972. The summed E-state index contributed by atoms with van der Waals surface area (Å²) < 4.78 is 7.74. The minimum atomic E-state index is 0.510. The fourth-order valence-electron chi connectivity index (χ4n) is 2.47. The van der Waals surface area contributed by atoms with Crippen LogP contribution in [0, 0.1) is 13.8 Å². The topological polar surface area (TPSA) is 39.1 Å². The number of benzene rings is 1. The number of aryl methyl sites for hydroxylation is 3. The summed E-state index contributed by atoms with van der Waals surface area (Å²) in [6, 6.07) is 6.38. The maximum atomic E-state index is 5.95. The lowest BCUT2D eigenvalue weighted by Gasteiger charge is -2.14. The third-order valence-corrected chi connectivity index (χ3v) is 3.41. The van der Waals surface area contributed by atoms with E-state index in [0.717, 1.165) is 31.0 Å². The van der Waals surface area contributed by atoms with Gasteiger partial charge in [0.25, 0.3) is 0 Å². The Morgan fingerprint density at radius 2 is 1.95 bits per heavy atom. The van der Waals surface area contributed by atoms with E-state index in [0.29, 0.717) is 6.61 Å². The highest BCUT2D eigenvalue weighted by molar-refractivity contribution is 5.43. The van der Waals surface area contributed by atoms with Gasteiger partial charge in [-0.2, -0.15) is 5.10 Å². The first-order valence-electron chi connectivity index (χ1n) is 7.52. The summed E-state index contributed by atoms with van der Waals surface area (Å²) in [6.45, 7) is 8.86. The van der Waals surface area contributed by atoms with Crippen LogP contribution in [0.3, 0.4) is 0 Å². The highest BCUT2D eigenvalue weighted by Crippen LogP contribution is 2.25. The molecule has 0 aliphatic rings. The molecule has 0 bridgehead atoms. The molecule has 0 radical (unpaired) electrons. The first-order valence-corrected chi connectivity index (χ1v) is 7.52. The Hall–Kier alpha value is -1.81. The summed E-state index contributed by atoms with van der Waals surface area (Å²) >= 11 is 0. The van der Waals surface area contributed by atoms with Gasteiger partial charge in [0, 0.05) is 19.8 Å². The Morgan fingerprint density at radius 3 is 2.52 bits per heavy atom. The lowest BCUT2D eigenvalue weighted by molar-refractivity contribution is 0.296. The molecule has 2 aromatic rings. The zero-order valence-corrected chi connectivity index (χ0v) is 13.4. The van der Waals surface area contributed by atoms with Crippen LogP contribution in [0.2, 0.25) is 0 Å². The molecule has 1 heterocycles. The van der Waals surface area contributed by atoms with Gasteiger partial charge in [0.05, 0.1) is 5.69 Å². The van der Waals surface area contributed by atoms with Crippen LogP contribution in [-0.4, -0.2) is 16.3 Å². The normalized spacial score (nSPS) is 10.9. The van der Waals surface area contributed by atoms with E-state index >= 15 is 0 Å². The summed E-state index contributed by atoms with van der Waals surface area (Å²) in [6.07, 6.45) is 3.09. The van der Waals surface area contributed by atoms with Gasteiger partial charge >= 0.3 is 0 Å². The molecule has 0 spiro atoms. The summed E-state index contributed by atoms with van der Waals surface area (Å²) in [5, 5.41) is 7.77. The Labute approximate surface area is 127 Å². The van der Waals surface area contributed by atoms with Gasteiger partial charge in [-0.1, -0.05) is 19.1 Å². The van der Waals surface area contributed by atoms with Crippen LogP contribution in [-0.2, 0) is 20.2 Å². The van der Waals surface area contributed by atoms with Gasteiger partial charge in [0.1, 0.15) is 12.4 Å². The van der Waals surface area contributed by atoms with Crippen LogP contribution >= 0.6 is 0 Å². The second kappa shape index (κ2) is 7.27. The van der Waals surface area contributed by atoms with E-state index in [1.54, 1.807) is 4.68 Å². The van der Waals surface area contributed by atoms with Crippen molar-refractivity contribution in [3.63, 3.8) is 0 Å². The highest BCUT2D eigenvalue weighted by Gasteiger charge is 2.08. The summed E-state index contributed by atoms with van der Waals surface area (Å²) in [4.78, 5) is 0. The van der Waals surface area contributed by atoms with E-state index in [4.69, 9.17) is 4.74 Å². The molecule has 0 saturated carbocycles. The molecule has 0 aliphatic heterocycles. The fourth-order valence-corrected chi connectivity index (χ4v) is 2.47. The summed E-state index contributed by atoms with van der Waals surface area (Å²) in [7, 11) is 1.91. The number of nitrogens with one attached hydrogen (secondary N) is 1. The van der Waals surface area contributed by atoms with Crippen molar-refractivity contribution in [3.8, 4) is 5.75 Å².